The number of aryl methyl sites for hydroxylation is 1. The standard InChI is InChI=1S/C22H27N3OS/c1-4-15(5-2)16-8-10-25(11-9-16)13-19-23-21(26)20-17-7-6-14(3)12-18(17)27-22(20)24-19/h8-11,14-15H,4-7,12-13H2,1-3H3/p+1/t14-/m1/s1. The molecule has 1 aliphatic carbocycles. The first-order valence-electron chi connectivity index (χ1n) is 10.1. The van der Waals surface area contributed by atoms with E-state index in [2.05, 4.69) is 54.8 Å². The number of hydrogen-bond donors (Lipinski definition) is 1. The van der Waals surface area contributed by atoms with Crippen molar-refractivity contribution in [3.8, 4) is 0 Å². The summed E-state index contributed by atoms with van der Waals surface area (Å²) in [6.07, 6.45) is 9.77. The van der Waals surface area contributed by atoms with Gasteiger partial charge in [-0.05, 0) is 55.1 Å². The predicted molar refractivity (Wildman–Crippen MR) is 110 cm³/mol. The Morgan fingerprint density at radius 2 is 2.04 bits per heavy atom. The molecule has 0 fully saturated rings. The molecule has 0 aliphatic heterocycles. The zero-order valence-electron chi connectivity index (χ0n) is 16.4. The van der Waals surface area contributed by atoms with Gasteiger partial charge >= 0.3 is 0 Å². The lowest BCUT2D eigenvalue weighted by atomic mass is 9.89. The minimum atomic E-state index is 0.0244. The third-order valence-corrected chi connectivity index (χ3v) is 7.07. The van der Waals surface area contributed by atoms with E-state index in [0.717, 1.165) is 41.7 Å². The van der Waals surface area contributed by atoms with Crippen LogP contribution in [0.5, 0.6) is 0 Å². The molecule has 0 bridgehead atoms. The lowest BCUT2D eigenvalue weighted by Gasteiger charge is -2.17. The predicted octanol–water partition coefficient (Wildman–Crippen LogP) is 4.35. The van der Waals surface area contributed by atoms with Crippen LogP contribution < -0.4 is 10.1 Å². The number of aromatic nitrogens is 3. The van der Waals surface area contributed by atoms with Crippen LogP contribution in [-0.2, 0) is 19.4 Å². The molecule has 4 rings (SSSR count). The first kappa shape index (κ1) is 18.4. The number of aromatic amines is 1. The van der Waals surface area contributed by atoms with Gasteiger partial charge < -0.3 is 4.98 Å². The van der Waals surface area contributed by atoms with E-state index in [1.807, 2.05) is 0 Å². The van der Waals surface area contributed by atoms with Gasteiger partial charge in [0.15, 0.2) is 18.2 Å². The molecule has 1 atom stereocenters. The fraction of sp³-hybridized carbons (Fsp3) is 0.500. The van der Waals surface area contributed by atoms with Crippen molar-refractivity contribution in [1.29, 1.82) is 0 Å². The molecule has 3 aromatic heterocycles. The van der Waals surface area contributed by atoms with E-state index < -0.39 is 0 Å². The van der Waals surface area contributed by atoms with Crippen LogP contribution in [0.2, 0.25) is 0 Å². The Kier molecular flexibility index (Phi) is 5.13. The van der Waals surface area contributed by atoms with E-state index in [1.54, 1.807) is 11.3 Å². The third kappa shape index (κ3) is 3.57. The first-order valence-corrected chi connectivity index (χ1v) is 10.9. The van der Waals surface area contributed by atoms with Crippen LogP contribution in [0, 0.1) is 5.92 Å². The van der Waals surface area contributed by atoms with Crippen LogP contribution in [0.25, 0.3) is 10.2 Å². The Morgan fingerprint density at radius 1 is 1.30 bits per heavy atom. The van der Waals surface area contributed by atoms with Gasteiger partial charge in [0.05, 0.1) is 5.39 Å². The summed E-state index contributed by atoms with van der Waals surface area (Å²) in [6, 6.07) is 4.39. The highest BCUT2D eigenvalue weighted by molar-refractivity contribution is 7.18. The number of fused-ring (bicyclic) bond motifs is 3. The minimum absolute atomic E-state index is 0.0244. The number of H-pyrrole nitrogens is 1. The SMILES string of the molecule is CCC(CC)c1cc[n+](Cc2nc3sc4c(c3c(=O)[nH]2)CC[C@@H](C)C4)cc1. The van der Waals surface area contributed by atoms with Gasteiger partial charge in [-0.3, -0.25) is 4.79 Å². The summed E-state index contributed by atoms with van der Waals surface area (Å²) >= 11 is 1.71. The zero-order valence-corrected chi connectivity index (χ0v) is 17.2. The number of nitrogens with zero attached hydrogens (tertiary/aromatic N) is 2. The Hall–Kier alpha value is -2.01. The molecule has 0 spiro atoms. The second-order valence-corrected chi connectivity index (χ2v) is 8.95. The highest BCUT2D eigenvalue weighted by Crippen LogP contribution is 2.35. The van der Waals surface area contributed by atoms with Gasteiger partial charge in [0.2, 0.25) is 6.54 Å². The second-order valence-electron chi connectivity index (χ2n) is 7.86. The van der Waals surface area contributed by atoms with Crippen molar-refractivity contribution >= 4 is 21.6 Å². The van der Waals surface area contributed by atoms with Crippen LogP contribution in [0.4, 0.5) is 0 Å². The van der Waals surface area contributed by atoms with E-state index in [4.69, 9.17) is 4.98 Å². The highest BCUT2D eigenvalue weighted by Gasteiger charge is 2.23. The average molecular weight is 383 g/mol. The lowest BCUT2D eigenvalue weighted by molar-refractivity contribution is -0.689. The summed E-state index contributed by atoms with van der Waals surface area (Å²) in [5.41, 5.74) is 2.65. The number of pyridine rings is 1. The van der Waals surface area contributed by atoms with Gasteiger partial charge in [-0.1, -0.05) is 20.8 Å². The zero-order chi connectivity index (χ0) is 19.0. The van der Waals surface area contributed by atoms with Crippen molar-refractivity contribution in [1.82, 2.24) is 9.97 Å². The van der Waals surface area contributed by atoms with E-state index in [1.165, 1.54) is 22.4 Å². The van der Waals surface area contributed by atoms with Crippen LogP contribution in [0.1, 0.15) is 67.8 Å². The monoisotopic (exact) mass is 382 g/mol. The second kappa shape index (κ2) is 7.55. The maximum atomic E-state index is 12.7. The van der Waals surface area contributed by atoms with Crippen LogP contribution in [-0.4, -0.2) is 9.97 Å². The lowest BCUT2D eigenvalue weighted by Crippen LogP contribution is -2.35. The summed E-state index contributed by atoms with van der Waals surface area (Å²) in [5, 5.41) is 0.833. The number of rotatable bonds is 5. The molecule has 27 heavy (non-hydrogen) atoms. The van der Waals surface area contributed by atoms with Crippen LogP contribution in [0.3, 0.4) is 0 Å². The van der Waals surface area contributed by atoms with Gasteiger partial charge in [-0.2, -0.15) is 4.57 Å². The number of nitrogens with one attached hydrogen (secondary N) is 1. The molecule has 1 aliphatic rings. The minimum Gasteiger partial charge on any atom is -0.305 e. The maximum Gasteiger partial charge on any atom is 0.260 e. The van der Waals surface area contributed by atoms with E-state index in [0.29, 0.717) is 18.4 Å². The molecule has 0 saturated carbocycles. The van der Waals surface area contributed by atoms with Crippen molar-refractivity contribution in [3.63, 3.8) is 0 Å². The molecule has 0 saturated heterocycles. The Labute approximate surface area is 164 Å². The number of hydrogen-bond acceptors (Lipinski definition) is 3. The summed E-state index contributed by atoms with van der Waals surface area (Å²) < 4.78 is 2.09. The van der Waals surface area contributed by atoms with Gasteiger partial charge in [-0.25, -0.2) is 4.98 Å². The molecule has 0 unspecified atom stereocenters. The smallest absolute Gasteiger partial charge is 0.260 e. The summed E-state index contributed by atoms with van der Waals surface area (Å²) in [5.74, 6) is 2.06. The summed E-state index contributed by atoms with van der Waals surface area (Å²) in [7, 11) is 0. The first-order chi connectivity index (χ1) is 13.1. The normalized spacial score (nSPS) is 16.8. The average Bonchev–Trinajstić information content (AvgIpc) is 3.01. The van der Waals surface area contributed by atoms with Crippen LogP contribution >= 0.6 is 11.3 Å². The molecule has 5 heteroatoms. The molecule has 3 heterocycles. The molecule has 142 valence electrons. The van der Waals surface area contributed by atoms with Crippen LogP contribution in [0.15, 0.2) is 29.3 Å². The van der Waals surface area contributed by atoms with Crippen molar-refractivity contribution in [2.75, 3.05) is 0 Å². The Balaban J connectivity index is 1.62. The van der Waals surface area contributed by atoms with Gasteiger partial charge in [0, 0.05) is 17.0 Å². The molecule has 0 amide bonds. The van der Waals surface area contributed by atoms with Gasteiger partial charge in [-0.15, -0.1) is 11.3 Å². The van der Waals surface area contributed by atoms with E-state index in [-0.39, 0.29) is 5.56 Å². The molecular formula is C22H28N3OS+. The molecule has 3 aromatic rings. The molecular weight excluding hydrogens is 354 g/mol. The quantitative estimate of drug-likeness (QED) is 0.667. The van der Waals surface area contributed by atoms with Crippen molar-refractivity contribution in [2.24, 2.45) is 5.92 Å². The molecule has 4 nitrogen and oxygen atoms in total. The highest BCUT2D eigenvalue weighted by atomic mass is 32.1. The fourth-order valence-electron chi connectivity index (χ4n) is 4.25. The van der Waals surface area contributed by atoms with Crippen molar-refractivity contribution in [2.45, 2.75) is 65.3 Å². The number of thiophene rings is 1. The Morgan fingerprint density at radius 3 is 2.74 bits per heavy atom. The maximum absolute atomic E-state index is 12.7. The van der Waals surface area contributed by atoms with Gasteiger partial charge in [0.1, 0.15) is 4.83 Å². The molecule has 0 radical (unpaired) electrons. The topological polar surface area (TPSA) is 49.6 Å². The largest absolute Gasteiger partial charge is 0.305 e. The third-order valence-electron chi connectivity index (χ3n) is 5.92. The fourth-order valence-corrected chi connectivity index (χ4v) is 5.65. The Bertz CT molecular complexity index is 999. The molecule has 1 N–H and O–H groups in total. The van der Waals surface area contributed by atoms with E-state index in [9.17, 15) is 4.79 Å². The van der Waals surface area contributed by atoms with Crippen molar-refractivity contribution in [3.05, 3.63) is 56.7 Å². The summed E-state index contributed by atoms with van der Waals surface area (Å²) in [4.78, 5) is 22.8. The van der Waals surface area contributed by atoms with E-state index >= 15 is 0 Å². The van der Waals surface area contributed by atoms with Gasteiger partial charge in [0.25, 0.3) is 5.56 Å². The summed E-state index contributed by atoms with van der Waals surface area (Å²) in [6.45, 7) is 7.35. The van der Waals surface area contributed by atoms with Crippen molar-refractivity contribution < 1.29 is 4.57 Å². The molecule has 0 aromatic carbocycles.